The van der Waals surface area contributed by atoms with E-state index in [9.17, 15) is 4.79 Å². The number of hydrogen-bond donors (Lipinski definition) is 0. The van der Waals surface area contributed by atoms with Crippen LogP contribution in [0.15, 0.2) is 72.8 Å². The quantitative estimate of drug-likeness (QED) is 0.446. The number of ether oxygens (including phenoxy) is 2. The minimum absolute atomic E-state index is 0.00588. The van der Waals surface area contributed by atoms with Crippen LogP contribution in [0.2, 0.25) is 0 Å². The van der Waals surface area contributed by atoms with Crippen LogP contribution < -0.4 is 9.64 Å². The van der Waals surface area contributed by atoms with Crippen molar-refractivity contribution in [3.63, 3.8) is 0 Å². The van der Waals surface area contributed by atoms with E-state index in [0.29, 0.717) is 13.2 Å². The number of fused-ring (bicyclic) bond motifs is 1. The van der Waals surface area contributed by atoms with Crippen LogP contribution in [0.4, 0.5) is 5.69 Å². The molecule has 0 N–H and O–H groups in total. The summed E-state index contributed by atoms with van der Waals surface area (Å²) in [5.41, 5.74) is 5.59. The highest BCUT2D eigenvalue weighted by Crippen LogP contribution is 2.25. The normalized spacial score (nSPS) is 16.6. The number of carbonyl (C=O) groups excluding carboxylic acids is 1. The lowest BCUT2D eigenvalue weighted by atomic mass is 9.99. The summed E-state index contributed by atoms with van der Waals surface area (Å²) in [7, 11) is 1.70. The largest absolute Gasteiger partial charge is 0.497 e. The fourth-order valence-electron chi connectivity index (χ4n) is 5.32. The van der Waals surface area contributed by atoms with Gasteiger partial charge >= 0.3 is 0 Å². The Hall–Kier alpha value is -3.35. The summed E-state index contributed by atoms with van der Waals surface area (Å²) < 4.78 is 10.9. The summed E-state index contributed by atoms with van der Waals surface area (Å²) in [5.74, 6) is 0.981. The zero-order valence-corrected chi connectivity index (χ0v) is 21.9. The van der Waals surface area contributed by atoms with Gasteiger partial charge in [-0.25, -0.2) is 0 Å². The van der Waals surface area contributed by atoms with Gasteiger partial charge in [-0.1, -0.05) is 36.4 Å². The second-order valence-corrected chi connectivity index (χ2v) is 9.90. The van der Waals surface area contributed by atoms with E-state index in [-0.39, 0.29) is 11.9 Å². The van der Waals surface area contributed by atoms with Crippen LogP contribution >= 0.6 is 0 Å². The summed E-state index contributed by atoms with van der Waals surface area (Å²) in [6, 6.07) is 24.7. The average molecular weight is 500 g/mol. The molecule has 2 aliphatic rings. The van der Waals surface area contributed by atoms with Gasteiger partial charge in [0.15, 0.2) is 0 Å². The Kier molecular flexibility index (Phi) is 8.07. The first-order chi connectivity index (χ1) is 18.1. The lowest BCUT2D eigenvalue weighted by Crippen LogP contribution is -2.49. The van der Waals surface area contributed by atoms with Crippen molar-refractivity contribution in [3.8, 4) is 5.75 Å². The maximum Gasteiger partial charge on any atom is 0.254 e. The van der Waals surface area contributed by atoms with E-state index < -0.39 is 0 Å². The van der Waals surface area contributed by atoms with Gasteiger partial charge < -0.3 is 19.3 Å². The summed E-state index contributed by atoms with van der Waals surface area (Å²) in [6.07, 6.45) is 0.864. The van der Waals surface area contributed by atoms with Crippen LogP contribution in [0, 0.1) is 0 Å². The molecule has 1 saturated heterocycles. The minimum atomic E-state index is -0.00588. The Bertz CT molecular complexity index is 1170. The summed E-state index contributed by atoms with van der Waals surface area (Å²) in [4.78, 5) is 20.8. The van der Waals surface area contributed by atoms with Gasteiger partial charge in [0.05, 0.1) is 26.4 Å². The molecule has 1 fully saturated rings. The molecule has 0 spiro atoms. The Morgan fingerprint density at radius 1 is 0.973 bits per heavy atom. The lowest BCUT2D eigenvalue weighted by molar-refractivity contribution is 0.0661. The molecule has 0 aromatic heterocycles. The number of anilines is 1. The Labute approximate surface area is 220 Å². The standard InChI is InChI=1S/C31H37N3O3/c1-24(25-6-4-3-5-7-25)34(31(35)27-8-9-28-23-37-21-14-26(28)22-27)20-17-32-15-18-33(19-16-32)29-10-12-30(36-2)13-11-29/h3-13,22,24H,14-21,23H2,1-2H3/t24-/m1/s1. The van der Waals surface area contributed by atoms with Crippen molar-refractivity contribution < 1.29 is 14.3 Å². The van der Waals surface area contributed by atoms with Crippen LogP contribution in [0.25, 0.3) is 0 Å². The molecule has 1 amide bonds. The molecule has 0 unspecified atom stereocenters. The zero-order chi connectivity index (χ0) is 25.6. The topological polar surface area (TPSA) is 45.2 Å². The molecule has 1 atom stereocenters. The Morgan fingerprint density at radius 2 is 1.73 bits per heavy atom. The number of methoxy groups -OCH3 is 1. The highest BCUT2D eigenvalue weighted by Gasteiger charge is 2.25. The summed E-state index contributed by atoms with van der Waals surface area (Å²) >= 11 is 0. The Balaban J connectivity index is 1.26. The van der Waals surface area contributed by atoms with E-state index >= 15 is 0 Å². The minimum Gasteiger partial charge on any atom is -0.497 e. The summed E-state index contributed by atoms with van der Waals surface area (Å²) in [5, 5.41) is 0. The number of piperazine rings is 1. The van der Waals surface area contributed by atoms with Crippen LogP contribution in [0.5, 0.6) is 5.75 Å². The van der Waals surface area contributed by atoms with E-state index in [4.69, 9.17) is 9.47 Å². The average Bonchev–Trinajstić information content (AvgIpc) is 2.97. The van der Waals surface area contributed by atoms with Gasteiger partial charge in [0.25, 0.3) is 5.91 Å². The van der Waals surface area contributed by atoms with Crippen LogP contribution in [0.1, 0.15) is 40.0 Å². The molecule has 0 radical (unpaired) electrons. The first kappa shape index (κ1) is 25.3. The molecular weight excluding hydrogens is 462 g/mol. The summed E-state index contributed by atoms with van der Waals surface area (Å²) in [6.45, 7) is 8.95. The molecule has 2 heterocycles. The van der Waals surface area contributed by atoms with Crippen LogP contribution in [-0.4, -0.2) is 68.7 Å². The van der Waals surface area contributed by atoms with Crippen molar-refractivity contribution in [2.24, 2.45) is 0 Å². The molecule has 6 heteroatoms. The van der Waals surface area contributed by atoms with Gasteiger partial charge in [0.1, 0.15) is 5.75 Å². The number of carbonyl (C=O) groups is 1. The van der Waals surface area contributed by atoms with Crippen molar-refractivity contribution in [2.45, 2.75) is 26.0 Å². The highest BCUT2D eigenvalue weighted by molar-refractivity contribution is 5.94. The van der Waals surface area contributed by atoms with Gasteiger partial charge in [-0.3, -0.25) is 9.69 Å². The molecule has 0 bridgehead atoms. The molecular formula is C31H37N3O3. The van der Waals surface area contributed by atoms with E-state index in [2.05, 4.69) is 53.1 Å². The van der Waals surface area contributed by atoms with Crippen molar-refractivity contribution in [1.29, 1.82) is 0 Å². The number of hydrogen-bond acceptors (Lipinski definition) is 5. The molecule has 3 aromatic carbocycles. The molecule has 2 aliphatic heterocycles. The second-order valence-electron chi connectivity index (χ2n) is 9.90. The van der Waals surface area contributed by atoms with Crippen molar-refractivity contribution in [1.82, 2.24) is 9.80 Å². The van der Waals surface area contributed by atoms with Gasteiger partial charge in [-0.15, -0.1) is 0 Å². The molecule has 37 heavy (non-hydrogen) atoms. The molecule has 194 valence electrons. The number of amides is 1. The van der Waals surface area contributed by atoms with Crippen LogP contribution in [0.3, 0.4) is 0 Å². The van der Waals surface area contributed by atoms with Crippen LogP contribution in [-0.2, 0) is 17.8 Å². The smallest absolute Gasteiger partial charge is 0.254 e. The SMILES string of the molecule is COc1ccc(N2CCN(CCN(C(=O)c3ccc4c(c3)CCOC4)[C@H](C)c3ccccc3)CC2)cc1. The Morgan fingerprint density at radius 3 is 2.46 bits per heavy atom. The van der Waals surface area contributed by atoms with E-state index in [1.54, 1.807) is 7.11 Å². The van der Waals surface area contributed by atoms with E-state index in [1.165, 1.54) is 16.8 Å². The predicted octanol–water partition coefficient (Wildman–Crippen LogP) is 4.79. The fourth-order valence-corrected chi connectivity index (χ4v) is 5.32. The predicted molar refractivity (Wildman–Crippen MR) is 147 cm³/mol. The molecule has 5 rings (SSSR count). The third-order valence-corrected chi connectivity index (χ3v) is 7.70. The van der Waals surface area contributed by atoms with Gasteiger partial charge in [-0.05, 0) is 66.4 Å². The number of nitrogens with zero attached hydrogens (tertiary/aromatic N) is 3. The third kappa shape index (κ3) is 5.97. The second kappa shape index (κ2) is 11.8. The van der Waals surface area contributed by atoms with E-state index in [0.717, 1.165) is 62.6 Å². The highest BCUT2D eigenvalue weighted by atomic mass is 16.5. The maximum atomic E-state index is 13.9. The molecule has 0 saturated carbocycles. The number of benzene rings is 3. The monoisotopic (exact) mass is 499 g/mol. The zero-order valence-electron chi connectivity index (χ0n) is 21.9. The van der Waals surface area contributed by atoms with Crippen molar-refractivity contribution in [3.05, 3.63) is 95.1 Å². The molecule has 3 aromatic rings. The van der Waals surface area contributed by atoms with Gasteiger partial charge in [-0.2, -0.15) is 0 Å². The first-order valence-electron chi connectivity index (χ1n) is 13.3. The maximum absolute atomic E-state index is 13.9. The fraction of sp³-hybridized carbons (Fsp3) is 0.387. The lowest BCUT2D eigenvalue weighted by Gasteiger charge is -2.38. The number of rotatable bonds is 8. The third-order valence-electron chi connectivity index (χ3n) is 7.70. The molecule has 0 aliphatic carbocycles. The van der Waals surface area contributed by atoms with Gasteiger partial charge in [0, 0.05) is 50.5 Å². The van der Waals surface area contributed by atoms with Crippen molar-refractivity contribution in [2.75, 3.05) is 57.9 Å². The molecule has 6 nitrogen and oxygen atoms in total. The first-order valence-corrected chi connectivity index (χ1v) is 13.3. The van der Waals surface area contributed by atoms with Gasteiger partial charge in [0.2, 0.25) is 0 Å². The van der Waals surface area contributed by atoms with E-state index in [1.807, 2.05) is 41.3 Å². The van der Waals surface area contributed by atoms with Crippen molar-refractivity contribution >= 4 is 11.6 Å².